The number of hydrogen-bond donors (Lipinski definition) is 2. The Morgan fingerprint density at radius 1 is 1.19 bits per heavy atom. The second-order valence-corrected chi connectivity index (χ2v) is 5.61. The average Bonchev–Trinajstić information content (AvgIpc) is 2.45. The summed E-state index contributed by atoms with van der Waals surface area (Å²) < 4.78 is 10.7. The van der Waals surface area contributed by atoms with Crippen molar-refractivity contribution in [2.24, 2.45) is 0 Å². The minimum Gasteiger partial charge on any atom is -0.493 e. The number of benzene rings is 1. The average molecular weight is 290 g/mol. The highest BCUT2D eigenvalue weighted by atomic mass is 16.5. The zero-order valence-corrected chi connectivity index (χ0v) is 13.1. The van der Waals surface area contributed by atoms with Crippen molar-refractivity contribution in [1.82, 2.24) is 4.98 Å². The van der Waals surface area contributed by atoms with Crippen LogP contribution in [0.25, 0.3) is 10.8 Å². The molecule has 0 bridgehead atoms. The van der Waals surface area contributed by atoms with Crippen molar-refractivity contribution >= 4 is 16.6 Å². The van der Waals surface area contributed by atoms with Gasteiger partial charge in [0.1, 0.15) is 5.82 Å². The molecule has 0 aliphatic heterocycles. The molecule has 1 aromatic carbocycles. The number of aromatic nitrogens is 1. The summed E-state index contributed by atoms with van der Waals surface area (Å²) in [6.07, 6.45) is 1.21. The van der Waals surface area contributed by atoms with E-state index in [1.165, 1.54) is 0 Å². The van der Waals surface area contributed by atoms with Crippen LogP contribution in [0.2, 0.25) is 0 Å². The van der Waals surface area contributed by atoms with Crippen LogP contribution >= 0.6 is 0 Å². The van der Waals surface area contributed by atoms with E-state index in [1.54, 1.807) is 27.3 Å². The number of hydrogen-bond acceptors (Lipinski definition) is 5. The van der Waals surface area contributed by atoms with Crippen LogP contribution in [0, 0.1) is 0 Å². The Kier molecular flexibility index (Phi) is 4.23. The van der Waals surface area contributed by atoms with Crippen LogP contribution in [0.3, 0.4) is 0 Å². The van der Waals surface area contributed by atoms with Crippen LogP contribution in [0.1, 0.15) is 20.8 Å². The van der Waals surface area contributed by atoms with Gasteiger partial charge in [-0.15, -0.1) is 0 Å². The molecule has 0 amide bonds. The van der Waals surface area contributed by atoms with Gasteiger partial charge in [0.15, 0.2) is 11.5 Å². The summed E-state index contributed by atoms with van der Waals surface area (Å²) in [5.41, 5.74) is -0.492. The first-order chi connectivity index (χ1) is 9.89. The molecule has 1 heterocycles. The third kappa shape index (κ3) is 3.03. The van der Waals surface area contributed by atoms with E-state index in [2.05, 4.69) is 10.3 Å². The third-order valence-electron chi connectivity index (χ3n) is 3.75. The maximum atomic E-state index is 9.86. The Labute approximate surface area is 124 Å². The molecule has 0 spiro atoms. The summed E-state index contributed by atoms with van der Waals surface area (Å²) in [6, 6.07) is 5.72. The van der Waals surface area contributed by atoms with Crippen molar-refractivity contribution < 1.29 is 14.6 Å². The zero-order chi connectivity index (χ0) is 15.6. The maximum absolute atomic E-state index is 9.86. The van der Waals surface area contributed by atoms with Gasteiger partial charge < -0.3 is 19.9 Å². The molecule has 0 saturated carbocycles. The summed E-state index contributed by atoms with van der Waals surface area (Å²) >= 11 is 0. The van der Waals surface area contributed by atoms with Crippen LogP contribution in [0.4, 0.5) is 5.82 Å². The molecule has 2 rings (SSSR count). The van der Waals surface area contributed by atoms with E-state index in [4.69, 9.17) is 9.47 Å². The molecular weight excluding hydrogens is 268 g/mol. The second-order valence-electron chi connectivity index (χ2n) is 5.61. The van der Waals surface area contributed by atoms with Gasteiger partial charge in [0, 0.05) is 11.6 Å². The Morgan fingerprint density at radius 3 is 2.38 bits per heavy atom. The number of fused-ring (bicyclic) bond motifs is 1. The summed E-state index contributed by atoms with van der Waals surface area (Å²) in [5.74, 6) is 2.03. The Bertz CT molecular complexity index is 639. The second kappa shape index (κ2) is 5.77. The van der Waals surface area contributed by atoms with E-state index < -0.39 is 11.6 Å². The van der Waals surface area contributed by atoms with Crippen molar-refractivity contribution in [3.8, 4) is 11.5 Å². The molecule has 21 heavy (non-hydrogen) atoms. The Morgan fingerprint density at radius 2 is 1.81 bits per heavy atom. The van der Waals surface area contributed by atoms with Gasteiger partial charge in [0.05, 0.1) is 25.9 Å². The van der Waals surface area contributed by atoms with E-state index in [-0.39, 0.29) is 0 Å². The van der Waals surface area contributed by atoms with Gasteiger partial charge >= 0.3 is 0 Å². The van der Waals surface area contributed by atoms with E-state index in [9.17, 15) is 5.11 Å². The zero-order valence-electron chi connectivity index (χ0n) is 13.1. The number of aliphatic hydroxyl groups excluding tert-OH is 1. The Hall–Kier alpha value is -2.01. The predicted molar refractivity (Wildman–Crippen MR) is 84.2 cm³/mol. The molecular formula is C16H22N2O3. The van der Waals surface area contributed by atoms with Gasteiger partial charge in [0.25, 0.3) is 0 Å². The van der Waals surface area contributed by atoms with Crippen LogP contribution in [0.5, 0.6) is 11.5 Å². The molecule has 5 heteroatoms. The predicted octanol–water partition coefficient (Wildman–Crippen LogP) is 2.82. The van der Waals surface area contributed by atoms with Crippen LogP contribution in [-0.4, -0.2) is 36.0 Å². The Balaban J connectivity index is 2.55. The monoisotopic (exact) mass is 290 g/mol. The van der Waals surface area contributed by atoms with Gasteiger partial charge in [-0.2, -0.15) is 0 Å². The number of rotatable bonds is 5. The fourth-order valence-electron chi connectivity index (χ4n) is 2.01. The van der Waals surface area contributed by atoms with Crippen molar-refractivity contribution in [2.45, 2.75) is 32.4 Å². The van der Waals surface area contributed by atoms with Crippen molar-refractivity contribution in [3.63, 3.8) is 0 Å². The molecule has 0 aliphatic rings. The van der Waals surface area contributed by atoms with E-state index in [1.807, 2.05) is 32.0 Å². The SMILES string of the molecule is COc1cc2ccnc(NC(C)(C)C(C)O)c2cc1OC. The molecule has 1 unspecified atom stereocenters. The van der Waals surface area contributed by atoms with Crippen LogP contribution in [0.15, 0.2) is 24.4 Å². The molecule has 1 atom stereocenters. The molecule has 2 N–H and O–H groups in total. The lowest BCUT2D eigenvalue weighted by molar-refractivity contribution is 0.133. The van der Waals surface area contributed by atoms with Crippen molar-refractivity contribution in [1.29, 1.82) is 0 Å². The molecule has 0 aliphatic carbocycles. The first-order valence-electron chi connectivity index (χ1n) is 6.86. The summed E-state index contributed by atoms with van der Waals surface area (Å²) in [6.45, 7) is 5.61. The summed E-state index contributed by atoms with van der Waals surface area (Å²) in [4.78, 5) is 4.39. The molecule has 0 radical (unpaired) electrons. The smallest absolute Gasteiger partial charge is 0.161 e. The fraction of sp³-hybridized carbons (Fsp3) is 0.438. The number of anilines is 1. The first kappa shape index (κ1) is 15.4. The normalized spacial score (nSPS) is 13.0. The molecule has 1 aromatic heterocycles. The third-order valence-corrected chi connectivity index (χ3v) is 3.75. The lowest BCUT2D eigenvalue weighted by Gasteiger charge is -2.30. The highest BCUT2D eigenvalue weighted by Gasteiger charge is 2.25. The number of aliphatic hydroxyl groups is 1. The van der Waals surface area contributed by atoms with Gasteiger partial charge in [-0.3, -0.25) is 0 Å². The lowest BCUT2D eigenvalue weighted by atomic mass is 9.98. The van der Waals surface area contributed by atoms with E-state index in [0.717, 1.165) is 10.8 Å². The van der Waals surface area contributed by atoms with Crippen molar-refractivity contribution in [2.75, 3.05) is 19.5 Å². The summed E-state index contributed by atoms with van der Waals surface area (Å²) in [7, 11) is 3.22. The summed E-state index contributed by atoms with van der Waals surface area (Å²) in [5, 5.41) is 15.1. The molecule has 0 saturated heterocycles. The van der Waals surface area contributed by atoms with Crippen LogP contribution in [-0.2, 0) is 0 Å². The highest BCUT2D eigenvalue weighted by Crippen LogP contribution is 2.35. The lowest BCUT2D eigenvalue weighted by Crippen LogP contribution is -2.42. The first-order valence-corrected chi connectivity index (χ1v) is 6.86. The van der Waals surface area contributed by atoms with E-state index >= 15 is 0 Å². The number of ether oxygens (including phenoxy) is 2. The molecule has 5 nitrogen and oxygen atoms in total. The quantitative estimate of drug-likeness (QED) is 0.886. The topological polar surface area (TPSA) is 63.6 Å². The van der Waals surface area contributed by atoms with Gasteiger partial charge in [-0.25, -0.2) is 4.98 Å². The minimum atomic E-state index is -0.519. The van der Waals surface area contributed by atoms with Gasteiger partial charge in [-0.1, -0.05) is 0 Å². The molecule has 0 fully saturated rings. The number of nitrogens with one attached hydrogen (secondary N) is 1. The molecule has 114 valence electrons. The number of nitrogens with zero attached hydrogens (tertiary/aromatic N) is 1. The van der Waals surface area contributed by atoms with Gasteiger partial charge in [-0.05, 0) is 44.4 Å². The number of methoxy groups -OCH3 is 2. The van der Waals surface area contributed by atoms with Gasteiger partial charge in [0.2, 0.25) is 0 Å². The highest BCUT2D eigenvalue weighted by molar-refractivity contribution is 5.94. The maximum Gasteiger partial charge on any atom is 0.161 e. The fourth-order valence-corrected chi connectivity index (χ4v) is 2.01. The number of pyridine rings is 1. The van der Waals surface area contributed by atoms with Crippen LogP contribution < -0.4 is 14.8 Å². The standard InChI is InChI=1S/C16H22N2O3/c1-10(19)16(2,3)18-15-12-9-14(21-5)13(20-4)8-11(12)6-7-17-15/h6-10,19H,1-5H3,(H,17,18). The van der Waals surface area contributed by atoms with Crippen molar-refractivity contribution in [3.05, 3.63) is 24.4 Å². The largest absolute Gasteiger partial charge is 0.493 e. The van der Waals surface area contributed by atoms with E-state index in [0.29, 0.717) is 17.3 Å². The molecule has 2 aromatic rings. The minimum absolute atomic E-state index is 0.492.